The van der Waals surface area contributed by atoms with Gasteiger partial charge in [0.15, 0.2) is 0 Å². The van der Waals surface area contributed by atoms with Crippen LogP contribution in [-0.2, 0) is 17.1 Å². The van der Waals surface area contributed by atoms with Crippen LogP contribution in [0.2, 0.25) is 0 Å². The Balaban J connectivity index is 2.71. The lowest BCUT2D eigenvalue weighted by atomic mass is 10.1. The summed E-state index contributed by atoms with van der Waals surface area (Å²) < 4.78 is 82.9. The minimum Gasteiger partial charge on any atom is -0.361 e. The first-order valence-electron chi connectivity index (χ1n) is 7.94. The summed E-state index contributed by atoms with van der Waals surface area (Å²) >= 11 is 0.771. The smallest absolute Gasteiger partial charge is 0.361 e. The van der Waals surface area contributed by atoms with Crippen LogP contribution in [0, 0.1) is 0 Å². The third-order valence-electron chi connectivity index (χ3n) is 3.30. The van der Waals surface area contributed by atoms with E-state index in [0.29, 0.717) is 25.1 Å². The molecule has 0 radical (unpaired) electrons. The Labute approximate surface area is 166 Å². The number of carbonyl (C=O) groups excluding carboxylic acids is 2. The molecular weight excluding hydrogens is 428 g/mol. The first-order valence-corrected chi connectivity index (χ1v) is 8.71. The molecule has 0 heterocycles. The average Bonchev–Trinajstić information content (AvgIpc) is 2.62. The molecule has 0 bridgehead atoms. The van der Waals surface area contributed by atoms with Gasteiger partial charge in [0.1, 0.15) is 6.34 Å². The van der Waals surface area contributed by atoms with Crippen molar-refractivity contribution in [1.29, 1.82) is 0 Å². The van der Waals surface area contributed by atoms with E-state index in [2.05, 4.69) is 14.4 Å². The van der Waals surface area contributed by atoms with E-state index in [1.165, 1.54) is 6.34 Å². The van der Waals surface area contributed by atoms with Crippen molar-refractivity contribution in [3.63, 3.8) is 0 Å². The van der Waals surface area contributed by atoms with Crippen LogP contribution in [0.15, 0.2) is 22.6 Å². The third-order valence-corrected chi connectivity index (χ3v) is 3.70. The van der Waals surface area contributed by atoms with Crippen LogP contribution in [0.25, 0.3) is 0 Å². The number of benzene rings is 1. The van der Waals surface area contributed by atoms with E-state index in [-0.39, 0.29) is 19.2 Å². The first kappa shape index (κ1) is 24.4. The van der Waals surface area contributed by atoms with E-state index in [1.807, 2.05) is 5.32 Å². The zero-order chi connectivity index (χ0) is 22.1. The van der Waals surface area contributed by atoms with Crippen molar-refractivity contribution in [3.05, 3.63) is 29.3 Å². The van der Waals surface area contributed by atoms with Crippen LogP contribution in [0.4, 0.5) is 36.8 Å². The van der Waals surface area contributed by atoms with Crippen LogP contribution in [0.5, 0.6) is 0 Å². The molecule has 1 aromatic carbocycles. The van der Waals surface area contributed by atoms with Gasteiger partial charge in [0.2, 0.25) is 6.41 Å². The van der Waals surface area contributed by atoms with Gasteiger partial charge in [0.25, 0.3) is 0 Å². The molecule has 0 aromatic heterocycles. The molecular formula is C15H17F6N5O2S. The quantitative estimate of drug-likeness (QED) is 0.136. The molecule has 14 heteroatoms. The first-order chi connectivity index (χ1) is 13.5. The Kier molecular flexibility index (Phi) is 9.07. The summed E-state index contributed by atoms with van der Waals surface area (Å²) in [5, 5.41) is 4.28. The number of alkyl halides is 6. The Morgan fingerprint density at radius 1 is 1.14 bits per heavy atom. The van der Waals surface area contributed by atoms with Gasteiger partial charge in [0, 0.05) is 25.3 Å². The number of nitrogens with one attached hydrogen (secondary N) is 3. The van der Waals surface area contributed by atoms with Crippen molar-refractivity contribution < 1.29 is 35.9 Å². The SMILES string of the molecule is CCN(/C=N/SNC=O)CCNC(=O)Nc1cc(C(F)(F)F)cc(C(F)(F)F)c1. The summed E-state index contributed by atoms with van der Waals surface area (Å²) in [6.45, 7) is 2.57. The minimum absolute atomic E-state index is 0.0287. The number of amides is 3. The number of hydrogen-bond acceptors (Lipinski definition) is 4. The molecule has 0 fully saturated rings. The van der Waals surface area contributed by atoms with Crippen molar-refractivity contribution in [2.24, 2.45) is 4.40 Å². The molecule has 0 spiro atoms. The number of rotatable bonds is 9. The van der Waals surface area contributed by atoms with E-state index < -0.39 is 35.2 Å². The number of halogens is 6. The van der Waals surface area contributed by atoms with Gasteiger partial charge in [0.05, 0.1) is 23.3 Å². The molecule has 7 nitrogen and oxygen atoms in total. The zero-order valence-corrected chi connectivity index (χ0v) is 15.7. The predicted octanol–water partition coefficient (Wildman–Crippen LogP) is 3.51. The molecule has 0 aliphatic carbocycles. The van der Waals surface area contributed by atoms with E-state index in [9.17, 15) is 35.9 Å². The maximum atomic E-state index is 12.8. The normalized spacial score (nSPS) is 12.0. The summed E-state index contributed by atoms with van der Waals surface area (Å²) in [5.41, 5.74) is -3.70. The maximum Gasteiger partial charge on any atom is 0.416 e. The molecule has 0 atom stereocenters. The van der Waals surface area contributed by atoms with Crippen molar-refractivity contribution in [2.75, 3.05) is 25.0 Å². The number of likely N-dealkylation sites (N-methyl/N-ethyl adjacent to an activating group) is 1. The van der Waals surface area contributed by atoms with Crippen molar-refractivity contribution in [1.82, 2.24) is 14.9 Å². The largest absolute Gasteiger partial charge is 0.416 e. The van der Waals surface area contributed by atoms with Crippen LogP contribution < -0.4 is 15.4 Å². The molecule has 162 valence electrons. The van der Waals surface area contributed by atoms with Crippen LogP contribution in [-0.4, -0.2) is 43.3 Å². The number of carbonyl (C=O) groups is 2. The number of nitrogens with zero attached hydrogens (tertiary/aromatic N) is 2. The van der Waals surface area contributed by atoms with E-state index in [1.54, 1.807) is 11.8 Å². The van der Waals surface area contributed by atoms with Gasteiger partial charge < -0.3 is 15.5 Å². The van der Waals surface area contributed by atoms with Gasteiger partial charge in [-0.05, 0) is 25.1 Å². The molecule has 0 saturated carbocycles. The van der Waals surface area contributed by atoms with Crippen molar-refractivity contribution in [2.45, 2.75) is 19.3 Å². The molecule has 0 aliphatic rings. The Bertz CT molecular complexity index is 694. The molecule has 1 rings (SSSR count). The van der Waals surface area contributed by atoms with Gasteiger partial charge in [-0.3, -0.25) is 9.52 Å². The molecule has 3 amide bonds. The monoisotopic (exact) mass is 445 g/mol. The van der Waals surface area contributed by atoms with E-state index in [0.717, 1.165) is 12.1 Å². The second kappa shape index (κ2) is 10.8. The topological polar surface area (TPSA) is 85.8 Å². The lowest BCUT2D eigenvalue weighted by molar-refractivity contribution is -0.143. The summed E-state index contributed by atoms with van der Waals surface area (Å²) in [4.78, 5) is 23.5. The fraction of sp³-hybridized carbons (Fsp3) is 0.400. The lowest BCUT2D eigenvalue weighted by Gasteiger charge is -2.18. The second-order valence-electron chi connectivity index (χ2n) is 5.35. The third kappa shape index (κ3) is 8.93. The fourth-order valence-electron chi connectivity index (χ4n) is 1.96. The standard InChI is InChI=1S/C15H17F6N5O2S/c1-2-26(8-23-29-24-9-27)4-3-22-13(28)25-12-6-10(14(16,17)18)5-11(7-12)15(19,20)21/h5-9H,2-4H2,1H3,(H,24,27)(H2,22,25,28)/b23-8+. The van der Waals surface area contributed by atoms with Crippen molar-refractivity contribution >= 4 is 36.6 Å². The summed E-state index contributed by atoms with van der Waals surface area (Å²) in [5.74, 6) is 0. The minimum atomic E-state index is -5.01. The summed E-state index contributed by atoms with van der Waals surface area (Å²) in [7, 11) is 0. The molecule has 0 aliphatic heterocycles. The highest BCUT2D eigenvalue weighted by molar-refractivity contribution is 7.96. The maximum absolute atomic E-state index is 12.8. The average molecular weight is 445 g/mol. The van der Waals surface area contributed by atoms with Gasteiger partial charge in [-0.15, -0.1) is 0 Å². The molecule has 0 unspecified atom stereocenters. The molecule has 0 saturated heterocycles. The fourth-order valence-corrected chi connectivity index (χ4v) is 2.24. The van der Waals surface area contributed by atoms with Gasteiger partial charge in [-0.1, -0.05) is 0 Å². The number of hydrogen-bond donors (Lipinski definition) is 3. The summed E-state index contributed by atoms with van der Waals surface area (Å²) in [6.07, 6.45) is -8.19. The number of urea groups is 1. The highest BCUT2D eigenvalue weighted by Crippen LogP contribution is 2.37. The highest BCUT2D eigenvalue weighted by atomic mass is 32.2. The zero-order valence-electron chi connectivity index (χ0n) is 14.9. The van der Waals surface area contributed by atoms with Crippen LogP contribution >= 0.6 is 12.1 Å². The summed E-state index contributed by atoms with van der Waals surface area (Å²) in [6, 6.07) is -0.171. The second-order valence-corrected chi connectivity index (χ2v) is 5.98. The Hall–Kier alpha value is -2.64. The lowest BCUT2D eigenvalue weighted by Crippen LogP contribution is -2.36. The van der Waals surface area contributed by atoms with E-state index >= 15 is 0 Å². The van der Waals surface area contributed by atoms with Crippen molar-refractivity contribution in [3.8, 4) is 0 Å². The van der Waals surface area contributed by atoms with Gasteiger partial charge in [-0.25, -0.2) is 4.79 Å². The molecule has 3 N–H and O–H groups in total. The Morgan fingerprint density at radius 3 is 2.21 bits per heavy atom. The van der Waals surface area contributed by atoms with Gasteiger partial charge >= 0.3 is 18.4 Å². The van der Waals surface area contributed by atoms with Gasteiger partial charge in [-0.2, -0.15) is 30.7 Å². The molecule has 29 heavy (non-hydrogen) atoms. The van der Waals surface area contributed by atoms with Crippen LogP contribution in [0.3, 0.4) is 0 Å². The highest BCUT2D eigenvalue weighted by Gasteiger charge is 2.37. The number of anilines is 1. The van der Waals surface area contributed by atoms with Crippen LogP contribution in [0.1, 0.15) is 18.1 Å². The Morgan fingerprint density at radius 2 is 1.72 bits per heavy atom. The van der Waals surface area contributed by atoms with E-state index in [4.69, 9.17) is 0 Å². The predicted molar refractivity (Wildman–Crippen MR) is 96.0 cm³/mol. The molecule has 1 aromatic rings.